The second-order valence-electron chi connectivity index (χ2n) is 27.2. The molecule has 3 aliphatic carbocycles. The van der Waals surface area contributed by atoms with Gasteiger partial charge < -0.3 is 37.6 Å². The van der Waals surface area contributed by atoms with Gasteiger partial charge in [-0.3, -0.25) is 36.9 Å². The summed E-state index contributed by atoms with van der Waals surface area (Å²) in [6.07, 6.45) is 10.9. The minimum Gasteiger partial charge on any atom is -0.385 e. The lowest BCUT2D eigenvalue weighted by atomic mass is 10.0. The van der Waals surface area contributed by atoms with Crippen LogP contribution in [0.1, 0.15) is 151 Å². The standard InChI is InChI=1S/C28H38N6O4S.C24H28BrN5O4S.C22H26BrN5O3S/c1-18(2)17-31-21-9-11-22(12-10-21)34-27(28(36)29-4)24-15-23(20-7-8-20)26(16-25(24)32-34)33(39(5,37)38)14-6-13-30-19(3)35;1-15(31)27-11-4-12-29(35(3,33)34)22-14-21-20(13-19(22)16-5-6-16)23(24(32)26-2)30(28-21)18-9-7-17(25)8-10-18;1-25-22(29)21-18-12-17(14-4-5-14)20(27(11-3-10-24)32(2,30)31)13-19(18)26-28(21)16-8-6-15(23)7-9-16/h9-12,15-16,18,20,31H,6-8,13-14,17H2,1-5H3,(H,29,36)(H,30,35);7-10,13-14,16H,4-6,11-12H2,1-3H3,(H,26,32)(H,27,31);6-9,12-14H,3-5,10-11,24H2,1-2H3,(H,25,29). The number of nitrogens with one attached hydrogen (secondary N) is 6. The summed E-state index contributed by atoms with van der Waals surface area (Å²) in [5.74, 6) is 0.0993. The van der Waals surface area contributed by atoms with Gasteiger partial charge in [-0.15, -0.1) is 0 Å². The first kappa shape index (κ1) is 79.6. The lowest BCUT2D eigenvalue weighted by Crippen LogP contribution is -2.34. The summed E-state index contributed by atoms with van der Waals surface area (Å²) >= 11 is 6.86. The number of hydrogen-bond donors (Lipinski definition) is 7. The van der Waals surface area contributed by atoms with Crippen LogP contribution in [0.5, 0.6) is 0 Å². The number of fused-ring (bicyclic) bond motifs is 3. The van der Waals surface area contributed by atoms with Crippen molar-refractivity contribution in [1.29, 1.82) is 0 Å². The molecule has 9 aromatic rings. The van der Waals surface area contributed by atoms with Crippen LogP contribution in [0.2, 0.25) is 0 Å². The first-order chi connectivity index (χ1) is 50.3. The van der Waals surface area contributed by atoms with Crippen LogP contribution in [0, 0.1) is 5.92 Å². The predicted octanol–water partition coefficient (Wildman–Crippen LogP) is 10.1. The summed E-state index contributed by atoms with van der Waals surface area (Å²) in [6, 6.07) is 33.8. The van der Waals surface area contributed by atoms with Gasteiger partial charge in [-0.1, -0.05) is 45.7 Å². The maximum atomic E-state index is 13.1. The summed E-state index contributed by atoms with van der Waals surface area (Å²) in [5, 5.41) is 33.2. The van der Waals surface area contributed by atoms with Crippen LogP contribution >= 0.6 is 31.9 Å². The Kier molecular flexibility index (Phi) is 25.4. The Morgan fingerprint density at radius 3 is 1.03 bits per heavy atom. The van der Waals surface area contributed by atoms with E-state index in [4.69, 9.17) is 21.0 Å². The summed E-state index contributed by atoms with van der Waals surface area (Å²) in [6.45, 7) is 9.89. The molecule has 3 aliphatic rings. The number of aromatic nitrogens is 6. The van der Waals surface area contributed by atoms with Crippen LogP contribution in [-0.4, -0.2) is 170 Å². The summed E-state index contributed by atoms with van der Waals surface area (Å²) in [5.41, 5.74) is 16.2. The van der Waals surface area contributed by atoms with E-state index in [-0.39, 0.29) is 60.4 Å². The van der Waals surface area contributed by atoms with Crippen LogP contribution in [-0.2, 0) is 39.7 Å². The van der Waals surface area contributed by atoms with Gasteiger partial charge in [0.15, 0.2) is 0 Å². The number of hydrogen-bond acceptors (Lipinski definition) is 16. The van der Waals surface area contributed by atoms with Crippen molar-refractivity contribution in [1.82, 2.24) is 55.9 Å². The highest BCUT2D eigenvalue weighted by Gasteiger charge is 2.36. The highest BCUT2D eigenvalue weighted by atomic mass is 79.9. The highest BCUT2D eigenvalue weighted by molar-refractivity contribution is 9.10. The fraction of sp³-hybridized carbons (Fsp3) is 0.405. The zero-order valence-corrected chi connectivity index (χ0v) is 66.7. The largest absolute Gasteiger partial charge is 0.385 e. The van der Waals surface area contributed by atoms with Gasteiger partial charge in [0.25, 0.3) is 17.7 Å². The zero-order chi connectivity index (χ0) is 76.7. The average molecular weight is 1640 g/mol. The molecule has 0 atom stereocenters. The quantitative estimate of drug-likeness (QED) is 0.0214. The Morgan fingerprint density at radius 2 is 0.774 bits per heavy atom. The third-order valence-corrected chi connectivity index (χ3v) is 22.8. The van der Waals surface area contributed by atoms with E-state index in [9.17, 15) is 49.2 Å². The van der Waals surface area contributed by atoms with E-state index >= 15 is 0 Å². The van der Waals surface area contributed by atoms with E-state index in [1.165, 1.54) is 45.5 Å². The minimum absolute atomic E-state index is 0.156. The van der Waals surface area contributed by atoms with E-state index in [2.05, 4.69) is 77.6 Å². The smallest absolute Gasteiger partial charge is 0.270 e. The Labute approximate surface area is 635 Å². The monoisotopic (exact) mass is 1630 g/mol. The van der Waals surface area contributed by atoms with Crippen LogP contribution in [0.25, 0.3) is 49.8 Å². The molecular formula is C74H92Br2N16O11S3. The minimum atomic E-state index is -3.61. The summed E-state index contributed by atoms with van der Waals surface area (Å²) in [7, 11) is -5.97. The van der Waals surface area contributed by atoms with Crippen LogP contribution < -0.4 is 50.6 Å². The van der Waals surface area contributed by atoms with Gasteiger partial charge in [-0.05, 0) is 214 Å². The summed E-state index contributed by atoms with van der Waals surface area (Å²) in [4.78, 5) is 61.4. The molecule has 3 fully saturated rings. The topological polar surface area (TPSA) is 349 Å². The van der Waals surface area contributed by atoms with Crippen molar-refractivity contribution in [3.05, 3.63) is 152 Å². The van der Waals surface area contributed by atoms with Crippen molar-refractivity contribution in [2.45, 2.75) is 103 Å². The van der Waals surface area contributed by atoms with Crippen molar-refractivity contribution >= 4 is 147 Å². The molecule has 3 heterocycles. The van der Waals surface area contributed by atoms with Crippen LogP contribution in [0.4, 0.5) is 22.7 Å². The van der Waals surface area contributed by atoms with Crippen molar-refractivity contribution in [3.63, 3.8) is 0 Å². The first-order valence-corrected chi connectivity index (χ1v) is 42.3. The second kappa shape index (κ2) is 33.9. The Morgan fingerprint density at radius 1 is 0.481 bits per heavy atom. The molecule has 0 radical (unpaired) electrons. The van der Waals surface area contributed by atoms with E-state index in [0.717, 1.165) is 87.8 Å². The normalized spacial score (nSPS) is 13.7. The average Bonchev–Trinajstić information content (AvgIpc) is 1.60. The van der Waals surface area contributed by atoms with Crippen LogP contribution in [0.3, 0.4) is 0 Å². The Bertz CT molecular complexity index is 5120. The summed E-state index contributed by atoms with van der Waals surface area (Å²) < 4.78 is 87.6. The zero-order valence-electron chi connectivity index (χ0n) is 61.1. The molecule has 8 N–H and O–H groups in total. The Balaban J connectivity index is 0.000000171. The molecule has 106 heavy (non-hydrogen) atoms. The van der Waals surface area contributed by atoms with Crippen molar-refractivity contribution < 1.29 is 49.2 Å². The molecule has 0 unspecified atom stereocenters. The van der Waals surface area contributed by atoms with E-state index in [1.54, 1.807) is 53.4 Å². The molecule has 27 nitrogen and oxygen atoms in total. The maximum absolute atomic E-state index is 13.1. The lowest BCUT2D eigenvalue weighted by molar-refractivity contribution is -0.119. The first-order valence-electron chi connectivity index (χ1n) is 35.2. The fourth-order valence-electron chi connectivity index (χ4n) is 12.6. The number of rotatable bonds is 29. The molecule has 0 bridgehead atoms. The van der Waals surface area contributed by atoms with Crippen molar-refractivity contribution in [3.8, 4) is 17.1 Å². The van der Waals surface area contributed by atoms with Gasteiger partial charge in [0, 0.05) is 105 Å². The molecule has 5 amide bonds. The number of halogens is 2. The fourth-order valence-corrected chi connectivity index (χ4v) is 16.1. The molecule has 32 heteroatoms. The molecule has 0 aliphatic heterocycles. The number of nitrogens with two attached hydrogens (primary N) is 1. The third-order valence-electron chi connectivity index (χ3n) is 18.2. The number of carbonyl (C=O) groups excluding carboxylic acids is 5. The van der Waals surface area contributed by atoms with E-state index in [1.807, 2.05) is 91.0 Å². The molecule has 6 aromatic carbocycles. The Hall–Kier alpha value is -8.95. The molecular weight excluding hydrogens is 1540 g/mol. The van der Waals surface area contributed by atoms with Gasteiger partial charge in [0.1, 0.15) is 17.1 Å². The predicted molar refractivity (Wildman–Crippen MR) is 425 cm³/mol. The molecule has 12 rings (SSSR count). The second-order valence-corrected chi connectivity index (χ2v) is 34.8. The lowest BCUT2D eigenvalue weighted by Gasteiger charge is -2.25. The number of anilines is 4. The molecule has 566 valence electrons. The number of sulfonamides is 3. The molecule has 3 saturated carbocycles. The number of carbonyl (C=O) groups is 5. The van der Waals surface area contributed by atoms with Crippen LogP contribution in [0.15, 0.2) is 118 Å². The van der Waals surface area contributed by atoms with E-state index in [0.29, 0.717) is 124 Å². The van der Waals surface area contributed by atoms with E-state index < -0.39 is 30.1 Å². The number of nitrogens with zero attached hydrogens (tertiary/aromatic N) is 9. The van der Waals surface area contributed by atoms with Crippen molar-refractivity contribution in [2.24, 2.45) is 11.7 Å². The van der Waals surface area contributed by atoms with Crippen molar-refractivity contribution in [2.75, 3.05) is 104 Å². The maximum Gasteiger partial charge on any atom is 0.270 e. The van der Waals surface area contributed by atoms with Gasteiger partial charge >= 0.3 is 0 Å². The molecule has 0 saturated heterocycles. The highest BCUT2D eigenvalue weighted by Crippen LogP contribution is 2.50. The SMILES string of the molecule is CNC(=O)c1c2cc(C3CC3)c(N(CCCN)S(C)(=O)=O)cc2nn1-c1ccc(Br)cc1.CNC(=O)c1c2cc(C3CC3)c(N(CCCNC(C)=O)S(C)(=O)=O)cc2nn1-c1ccc(Br)cc1.CNC(=O)c1c2cc(C3CC3)c(N(CCCNC(C)=O)S(C)(=O)=O)cc2nn1-c1ccc(NCC(C)C)cc1. The third kappa shape index (κ3) is 19.2. The van der Waals surface area contributed by atoms with Gasteiger partial charge in [-0.2, -0.15) is 15.3 Å². The van der Waals surface area contributed by atoms with Gasteiger partial charge in [0.05, 0.1) is 69.4 Å². The number of amides is 5. The molecule has 3 aromatic heterocycles. The number of benzene rings is 6. The molecule has 0 spiro atoms. The van der Waals surface area contributed by atoms with Gasteiger partial charge in [-0.25, -0.2) is 39.3 Å². The van der Waals surface area contributed by atoms with Gasteiger partial charge in [0.2, 0.25) is 41.9 Å².